The first-order chi connectivity index (χ1) is 11.1. The predicted molar refractivity (Wildman–Crippen MR) is 92.5 cm³/mol. The molecule has 4 nitrogen and oxygen atoms in total. The van der Waals surface area contributed by atoms with Gasteiger partial charge in [0.1, 0.15) is 11.5 Å². The zero-order valence-corrected chi connectivity index (χ0v) is 13.6. The van der Waals surface area contributed by atoms with Crippen molar-refractivity contribution in [3.63, 3.8) is 0 Å². The largest absolute Gasteiger partial charge is 0.497 e. The van der Waals surface area contributed by atoms with Gasteiger partial charge in [-0.15, -0.1) is 11.3 Å². The number of hydrogen-bond donors (Lipinski definition) is 0. The molecule has 0 aliphatic carbocycles. The van der Waals surface area contributed by atoms with Gasteiger partial charge in [0.15, 0.2) is 0 Å². The Kier molecular flexibility index (Phi) is 4.12. The summed E-state index contributed by atoms with van der Waals surface area (Å²) in [5.41, 5.74) is 1.09. The molecule has 0 atom stereocenters. The summed E-state index contributed by atoms with van der Waals surface area (Å²) in [5, 5.41) is 1.00. The minimum atomic E-state index is -0.110. The highest BCUT2D eigenvalue weighted by molar-refractivity contribution is 7.21. The number of Topliss-reactive ketones (excluding diaryl/α,β-unsaturated/α-hetero) is 1. The van der Waals surface area contributed by atoms with E-state index in [1.54, 1.807) is 44.8 Å². The molecular formula is C18H15NO3S. The van der Waals surface area contributed by atoms with E-state index in [0.717, 1.165) is 10.1 Å². The standard InChI is InChI=1S/C18H15NO3S/c1-11(13-6-14(21-2)9-15(7-13)22-3)18(20)16-8-12-4-5-19-10-17(12)23-16/h4-10H,1H2,2-3H3. The summed E-state index contributed by atoms with van der Waals surface area (Å²) in [7, 11) is 3.14. The molecule has 116 valence electrons. The lowest BCUT2D eigenvalue weighted by molar-refractivity contribution is 0.106. The van der Waals surface area contributed by atoms with Crippen LogP contribution in [0.15, 0.2) is 49.3 Å². The summed E-state index contributed by atoms with van der Waals surface area (Å²) in [5.74, 6) is 1.13. The Morgan fingerprint density at radius 2 is 1.83 bits per heavy atom. The average Bonchev–Trinajstić information content (AvgIpc) is 3.03. The van der Waals surface area contributed by atoms with Crippen LogP contribution in [0.1, 0.15) is 15.2 Å². The van der Waals surface area contributed by atoms with Crippen LogP contribution in [0.3, 0.4) is 0 Å². The van der Waals surface area contributed by atoms with Crippen LogP contribution in [0.5, 0.6) is 11.5 Å². The van der Waals surface area contributed by atoms with E-state index in [4.69, 9.17) is 9.47 Å². The van der Waals surface area contributed by atoms with Crippen LogP contribution in [0.25, 0.3) is 15.7 Å². The van der Waals surface area contributed by atoms with Crippen LogP contribution in [0, 0.1) is 0 Å². The SMILES string of the molecule is C=C(C(=O)c1cc2ccncc2s1)c1cc(OC)cc(OC)c1. The Morgan fingerprint density at radius 3 is 2.43 bits per heavy atom. The second kappa shape index (κ2) is 6.22. The van der Waals surface area contributed by atoms with E-state index in [-0.39, 0.29) is 5.78 Å². The third-order valence-corrected chi connectivity index (χ3v) is 4.60. The molecule has 0 N–H and O–H groups in total. The number of hydrogen-bond acceptors (Lipinski definition) is 5. The summed E-state index contributed by atoms with van der Waals surface area (Å²) >= 11 is 1.41. The van der Waals surface area contributed by atoms with Gasteiger partial charge in [-0.2, -0.15) is 0 Å². The molecule has 0 spiro atoms. The molecule has 1 aromatic carbocycles. The van der Waals surface area contributed by atoms with Gasteiger partial charge in [0.2, 0.25) is 5.78 Å². The smallest absolute Gasteiger partial charge is 0.202 e. The maximum atomic E-state index is 12.7. The maximum Gasteiger partial charge on any atom is 0.202 e. The van der Waals surface area contributed by atoms with Crippen LogP contribution in [-0.4, -0.2) is 25.0 Å². The lowest BCUT2D eigenvalue weighted by atomic mass is 10.0. The third-order valence-electron chi connectivity index (χ3n) is 3.52. The van der Waals surface area contributed by atoms with Gasteiger partial charge in [-0.05, 0) is 35.2 Å². The van der Waals surface area contributed by atoms with Crippen molar-refractivity contribution in [2.75, 3.05) is 14.2 Å². The van der Waals surface area contributed by atoms with Gasteiger partial charge in [0, 0.05) is 24.0 Å². The Labute approximate surface area is 138 Å². The molecule has 0 aliphatic rings. The molecule has 0 radical (unpaired) electrons. The number of nitrogens with zero attached hydrogens (tertiary/aromatic N) is 1. The number of ether oxygens (including phenoxy) is 2. The number of aromatic nitrogens is 1. The summed E-state index contributed by atoms with van der Waals surface area (Å²) in [6, 6.07) is 9.06. The first-order valence-corrected chi connectivity index (χ1v) is 7.74. The van der Waals surface area contributed by atoms with Crippen molar-refractivity contribution in [1.29, 1.82) is 0 Å². The van der Waals surface area contributed by atoms with Gasteiger partial charge in [-0.1, -0.05) is 6.58 Å². The summed E-state index contributed by atoms with van der Waals surface area (Å²) in [6.07, 6.45) is 3.47. The lowest BCUT2D eigenvalue weighted by Crippen LogP contribution is -2.00. The Morgan fingerprint density at radius 1 is 1.13 bits per heavy atom. The molecule has 0 bridgehead atoms. The van der Waals surface area contributed by atoms with Crippen molar-refractivity contribution in [1.82, 2.24) is 4.98 Å². The van der Waals surface area contributed by atoms with E-state index in [1.165, 1.54) is 11.3 Å². The first-order valence-electron chi connectivity index (χ1n) is 6.93. The van der Waals surface area contributed by atoms with E-state index in [1.807, 2.05) is 12.1 Å². The molecule has 0 unspecified atom stereocenters. The van der Waals surface area contributed by atoms with E-state index in [0.29, 0.717) is 27.5 Å². The predicted octanol–water partition coefficient (Wildman–Crippen LogP) is 4.21. The number of fused-ring (bicyclic) bond motifs is 1. The monoisotopic (exact) mass is 325 g/mol. The molecule has 0 amide bonds. The van der Waals surface area contributed by atoms with Crippen molar-refractivity contribution >= 4 is 32.8 Å². The van der Waals surface area contributed by atoms with E-state index >= 15 is 0 Å². The number of thiophene rings is 1. The Balaban J connectivity index is 1.97. The minimum Gasteiger partial charge on any atom is -0.497 e. The number of allylic oxidation sites excluding steroid dienone is 1. The molecule has 0 saturated carbocycles. The molecule has 0 fully saturated rings. The molecule has 23 heavy (non-hydrogen) atoms. The molecular weight excluding hydrogens is 310 g/mol. The number of rotatable bonds is 5. The molecule has 2 heterocycles. The molecule has 0 saturated heterocycles. The first kappa shape index (κ1) is 15.2. The van der Waals surface area contributed by atoms with Crippen molar-refractivity contribution in [3.8, 4) is 11.5 Å². The number of ketones is 1. The van der Waals surface area contributed by atoms with Gasteiger partial charge in [-0.3, -0.25) is 9.78 Å². The second-order valence-corrected chi connectivity index (χ2v) is 6.02. The number of pyridine rings is 1. The average molecular weight is 325 g/mol. The fourth-order valence-electron chi connectivity index (χ4n) is 2.26. The van der Waals surface area contributed by atoms with E-state index in [9.17, 15) is 4.79 Å². The molecule has 2 aromatic heterocycles. The fourth-order valence-corrected chi connectivity index (χ4v) is 3.25. The number of carbonyl (C=O) groups excluding carboxylic acids is 1. The summed E-state index contributed by atoms with van der Waals surface area (Å²) < 4.78 is 11.5. The maximum absolute atomic E-state index is 12.7. The second-order valence-electron chi connectivity index (χ2n) is 4.93. The summed E-state index contributed by atoms with van der Waals surface area (Å²) in [4.78, 5) is 17.4. The van der Waals surface area contributed by atoms with Crippen LogP contribution < -0.4 is 9.47 Å². The van der Waals surface area contributed by atoms with E-state index in [2.05, 4.69) is 11.6 Å². The lowest BCUT2D eigenvalue weighted by Gasteiger charge is -2.09. The quantitative estimate of drug-likeness (QED) is 0.521. The van der Waals surface area contributed by atoms with Crippen LogP contribution in [-0.2, 0) is 0 Å². The van der Waals surface area contributed by atoms with Gasteiger partial charge in [0.25, 0.3) is 0 Å². The zero-order chi connectivity index (χ0) is 16.4. The van der Waals surface area contributed by atoms with Crippen molar-refractivity contribution in [2.45, 2.75) is 0 Å². The summed E-state index contributed by atoms with van der Waals surface area (Å²) in [6.45, 7) is 3.95. The highest BCUT2D eigenvalue weighted by Gasteiger charge is 2.17. The Hall–Kier alpha value is -2.66. The molecule has 3 rings (SSSR count). The highest BCUT2D eigenvalue weighted by atomic mass is 32.1. The molecule has 3 aromatic rings. The number of methoxy groups -OCH3 is 2. The van der Waals surface area contributed by atoms with Crippen molar-refractivity contribution in [3.05, 3.63) is 59.7 Å². The number of benzene rings is 1. The zero-order valence-electron chi connectivity index (χ0n) is 12.8. The minimum absolute atomic E-state index is 0.110. The van der Waals surface area contributed by atoms with Crippen LogP contribution >= 0.6 is 11.3 Å². The topological polar surface area (TPSA) is 48.4 Å². The fraction of sp³-hybridized carbons (Fsp3) is 0.111. The third kappa shape index (κ3) is 2.96. The molecule has 5 heteroatoms. The van der Waals surface area contributed by atoms with Gasteiger partial charge < -0.3 is 9.47 Å². The molecule has 0 aliphatic heterocycles. The van der Waals surface area contributed by atoms with Gasteiger partial charge in [-0.25, -0.2) is 0 Å². The Bertz CT molecular complexity index is 843. The van der Waals surface area contributed by atoms with Crippen LogP contribution in [0.2, 0.25) is 0 Å². The highest BCUT2D eigenvalue weighted by Crippen LogP contribution is 2.31. The normalized spacial score (nSPS) is 10.5. The van der Waals surface area contributed by atoms with Crippen LogP contribution in [0.4, 0.5) is 0 Å². The van der Waals surface area contributed by atoms with Gasteiger partial charge >= 0.3 is 0 Å². The van der Waals surface area contributed by atoms with Crippen molar-refractivity contribution < 1.29 is 14.3 Å². The van der Waals surface area contributed by atoms with Crippen molar-refractivity contribution in [2.24, 2.45) is 0 Å². The van der Waals surface area contributed by atoms with E-state index < -0.39 is 0 Å². The van der Waals surface area contributed by atoms with Gasteiger partial charge in [0.05, 0.1) is 23.8 Å². The number of carbonyl (C=O) groups is 1.